The highest BCUT2D eigenvalue weighted by atomic mass is 16.5. The number of aromatic nitrogens is 4. The van der Waals surface area contributed by atoms with Crippen molar-refractivity contribution in [3.05, 3.63) is 29.8 Å². The molecule has 1 aliphatic rings. The molecule has 1 fully saturated rings. The zero-order valence-electron chi connectivity index (χ0n) is 13.2. The Hall–Kier alpha value is -2.28. The molecule has 1 N–H and O–H groups in total. The largest absolute Gasteiger partial charge is 0.376 e. The number of hydrogen-bond acceptors (Lipinski definition) is 5. The Bertz CT molecular complexity index is 647. The molecule has 2 heterocycles. The van der Waals surface area contributed by atoms with Gasteiger partial charge in [0.2, 0.25) is 11.7 Å². The lowest BCUT2D eigenvalue weighted by Crippen LogP contribution is -2.34. The molecule has 1 atom stereocenters. The van der Waals surface area contributed by atoms with E-state index in [-0.39, 0.29) is 18.6 Å². The third-order valence-corrected chi connectivity index (χ3v) is 3.91. The minimum atomic E-state index is -0.134. The maximum absolute atomic E-state index is 11.9. The van der Waals surface area contributed by atoms with E-state index in [1.807, 2.05) is 24.3 Å². The second kappa shape index (κ2) is 7.32. The molecule has 1 aromatic carbocycles. The third kappa shape index (κ3) is 4.13. The summed E-state index contributed by atoms with van der Waals surface area (Å²) in [6.45, 7) is 3.50. The zero-order valence-corrected chi connectivity index (χ0v) is 13.2. The van der Waals surface area contributed by atoms with Gasteiger partial charge in [-0.3, -0.25) is 4.79 Å². The molecule has 3 rings (SSSR count). The molecule has 0 saturated carbocycles. The molecule has 0 bridgehead atoms. The Morgan fingerprint density at radius 3 is 2.91 bits per heavy atom. The topological polar surface area (TPSA) is 81.9 Å². The number of rotatable bonds is 6. The molecule has 7 nitrogen and oxygen atoms in total. The third-order valence-electron chi connectivity index (χ3n) is 3.91. The van der Waals surface area contributed by atoms with Crippen LogP contribution in [0.5, 0.6) is 0 Å². The number of ether oxygens (including phenoxy) is 1. The van der Waals surface area contributed by atoms with Crippen molar-refractivity contribution in [3.8, 4) is 11.4 Å². The summed E-state index contributed by atoms with van der Waals surface area (Å²) in [4.78, 5) is 13.2. The first kappa shape index (κ1) is 15.6. The lowest BCUT2D eigenvalue weighted by Gasteiger charge is -2.10. The monoisotopic (exact) mass is 315 g/mol. The molecule has 1 aliphatic heterocycles. The molecule has 0 radical (unpaired) electrons. The van der Waals surface area contributed by atoms with Crippen LogP contribution in [0, 0.1) is 0 Å². The van der Waals surface area contributed by atoms with Gasteiger partial charge in [-0.05, 0) is 30.0 Å². The van der Waals surface area contributed by atoms with Crippen molar-refractivity contribution in [1.29, 1.82) is 0 Å². The van der Waals surface area contributed by atoms with Crippen LogP contribution < -0.4 is 5.32 Å². The normalized spacial score (nSPS) is 17.3. The number of carbonyl (C=O) groups excluding carboxylic acids is 1. The van der Waals surface area contributed by atoms with E-state index in [1.165, 1.54) is 10.4 Å². The van der Waals surface area contributed by atoms with Gasteiger partial charge in [0.25, 0.3) is 0 Å². The van der Waals surface area contributed by atoms with Gasteiger partial charge >= 0.3 is 0 Å². The van der Waals surface area contributed by atoms with Gasteiger partial charge in [-0.15, -0.1) is 10.2 Å². The zero-order chi connectivity index (χ0) is 16.1. The van der Waals surface area contributed by atoms with E-state index in [2.05, 4.69) is 27.7 Å². The fourth-order valence-electron chi connectivity index (χ4n) is 2.53. The van der Waals surface area contributed by atoms with Gasteiger partial charge in [-0.25, -0.2) is 0 Å². The summed E-state index contributed by atoms with van der Waals surface area (Å²) in [5.74, 6) is 0.394. The highest BCUT2D eigenvalue weighted by Gasteiger charge is 2.16. The van der Waals surface area contributed by atoms with Crippen molar-refractivity contribution in [3.63, 3.8) is 0 Å². The van der Waals surface area contributed by atoms with Crippen LogP contribution in [-0.2, 0) is 22.5 Å². The van der Waals surface area contributed by atoms with Crippen LogP contribution in [0.1, 0.15) is 25.3 Å². The first-order valence-corrected chi connectivity index (χ1v) is 8.00. The molecule has 0 unspecified atom stereocenters. The van der Waals surface area contributed by atoms with E-state index < -0.39 is 0 Å². The van der Waals surface area contributed by atoms with Crippen molar-refractivity contribution in [1.82, 2.24) is 25.5 Å². The Balaban J connectivity index is 1.54. The minimum Gasteiger partial charge on any atom is -0.376 e. The number of nitrogens with one attached hydrogen (secondary N) is 1. The molecule has 1 amide bonds. The fraction of sp³-hybridized carbons (Fsp3) is 0.500. The predicted molar refractivity (Wildman–Crippen MR) is 84.6 cm³/mol. The van der Waals surface area contributed by atoms with Crippen molar-refractivity contribution in [2.45, 2.75) is 38.8 Å². The molecule has 23 heavy (non-hydrogen) atoms. The predicted octanol–water partition coefficient (Wildman–Crippen LogP) is 1.20. The lowest BCUT2D eigenvalue weighted by atomic mass is 10.1. The van der Waals surface area contributed by atoms with Crippen LogP contribution >= 0.6 is 0 Å². The second-order valence-electron chi connectivity index (χ2n) is 5.63. The second-order valence-corrected chi connectivity index (χ2v) is 5.63. The summed E-state index contributed by atoms with van der Waals surface area (Å²) in [7, 11) is 0. The van der Waals surface area contributed by atoms with Gasteiger partial charge < -0.3 is 10.1 Å². The summed E-state index contributed by atoms with van der Waals surface area (Å²) < 4.78 is 5.47. The highest BCUT2D eigenvalue weighted by Crippen LogP contribution is 2.14. The first-order chi connectivity index (χ1) is 11.2. The maximum atomic E-state index is 11.9. The van der Waals surface area contributed by atoms with Gasteiger partial charge in [0, 0.05) is 18.7 Å². The van der Waals surface area contributed by atoms with E-state index in [0.29, 0.717) is 12.4 Å². The van der Waals surface area contributed by atoms with Gasteiger partial charge in [0.15, 0.2) is 0 Å². The smallest absolute Gasteiger partial charge is 0.243 e. The van der Waals surface area contributed by atoms with Crippen molar-refractivity contribution >= 4 is 5.91 Å². The minimum absolute atomic E-state index is 0.0623. The van der Waals surface area contributed by atoms with E-state index in [9.17, 15) is 4.79 Å². The van der Waals surface area contributed by atoms with Crippen molar-refractivity contribution < 1.29 is 9.53 Å². The number of nitrogens with zero attached hydrogens (tertiary/aromatic N) is 4. The highest BCUT2D eigenvalue weighted by molar-refractivity contribution is 5.75. The van der Waals surface area contributed by atoms with Gasteiger partial charge in [0.1, 0.15) is 6.54 Å². The number of hydrogen-bond donors (Lipinski definition) is 1. The van der Waals surface area contributed by atoms with E-state index >= 15 is 0 Å². The molecule has 1 saturated heterocycles. The number of tetrazole rings is 1. The number of aryl methyl sites for hydroxylation is 1. The first-order valence-electron chi connectivity index (χ1n) is 8.00. The van der Waals surface area contributed by atoms with Crippen LogP contribution in [0.2, 0.25) is 0 Å². The summed E-state index contributed by atoms with van der Waals surface area (Å²) in [6, 6.07) is 8.03. The van der Waals surface area contributed by atoms with E-state index in [0.717, 1.165) is 31.4 Å². The number of benzene rings is 1. The van der Waals surface area contributed by atoms with Crippen molar-refractivity contribution in [2.75, 3.05) is 13.2 Å². The molecule has 7 heteroatoms. The summed E-state index contributed by atoms with van der Waals surface area (Å²) in [6.07, 6.45) is 3.19. The average molecular weight is 315 g/mol. The molecular weight excluding hydrogens is 294 g/mol. The summed E-state index contributed by atoms with van der Waals surface area (Å²) in [5.41, 5.74) is 2.16. The SMILES string of the molecule is CCc1ccc(-c2nnn(CC(=O)NC[C@@H]3CCCO3)n2)cc1. The Morgan fingerprint density at radius 2 is 2.22 bits per heavy atom. The van der Waals surface area contributed by atoms with Crippen LogP contribution in [0.25, 0.3) is 11.4 Å². The molecule has 122 valence electrons. The number of carbonyl (C=O) groups is 1. The standard InChI is InChI=1S/C16H21N5O2/c1-2-12-5-7-13(8-6-12)16-18-20-21(19-16)11-15(22)17-10-14-4-3-9-23-14/h5-8,14H,2-4,9-11H2,1H3,(H,17,22)/t14-/m0/s1. The van der Waals surface area contributed by atoms with Crippen LogP contribution in [-0.4, -0.2) is 45.4 Å². The van der Waals surface area contributed by atoms with E-state index in [1.54, 1.807) is 0 Å². The summed E-state index contributed by atoms with van der Waals surface area (Å²) >= 11 is 0. The van der Waals surface area contributed by atoms with E-state index in [4.69, 9.17) is 4.74 Å². The van der Waals surface area contributed by atoms with Gasteiger partial charge in [-0.1, -0.05) is 31.2 Å². The van der Waals surface area contributed by atoms with Crippen LogP contribution in [0.3, 0.4) is 0 Å². The van der Waals surface area contributed by atoms with Crippen LogP contribution in [0.4, 0.5) is 0 Å². The lowest BCUT2D eigenvalue weighted by molar-refractivity contribution is -0.122. The van der Waals surface area contributed by atoms with Crippen LogP contribution in [0.15, 0.2) is 24.3 Å². The number of amides is 1. The quantitative estimate of drug-likeness (QED) is 0.866. The Labute approximate surface area is 135 Å². The Kier molecular flexibility index (Phi) is 4.97. The molecule has 0 aliphatic carbocycles. The van der Waals surface area contributed by atoms with Crippen molar-refractivity contribution in [2.24, 2.45) is 0 Å². The molecule has 0 spiro atoms. The average Bonchev–Trinajstić information content (AvgIpc) is 3.25. The molecular formula is C16H21N5O2. The molecule has 1 aromatic heterocycles. The molecule has 2 aromatic rings. The maximum Gasteiger partial charge on any atom is 0.243 e. The fourth-order valence-corrected chi connectivity index (χ4v) is 2.53. The van der Waals surface area contributed by atoms with Gasteiger partial charge in [-0.2, -0.15) is 4.80 Å². The Morgan fingerprint density at radius 1 is 1.39 bits per heavy atom. The van der Waals surface area contributed by atoms with Gasteiger partial charge in [0.05, 0.1) is 6.10 Å². The summed E-state index contributed by atoms with van der Waals surface area (Å²) in [5, 5.41) is 15.1.